The summed E-state index contributed by atoms with van der Waals surface area (Å²) in [6.45, 7) is 0.917. The minimum Gasteiger partial charge on any atom is -0.489 e. The van der Waals surface area contributed by atoms with E-state index in [-0.39, 0.29) is 10.6 Å². The predicted molar refractivity (Wildman–Crippen MR) is 75.3 cm³/mol. The number of hydrogen-bond acceptors (Lipinski definition) is 4. The summed E-state index contributed by atoms with van der Waals surface area (Å²) in [5.41, 5.74) is -0.693. The second kappa shape index (κ2) is 5.66. The quantitative estimate of drug-likeness (QED) is 0.617. The van der Waals surface area contributed by atoms with Gasteiger partial charge in [-0.05, 0) is 12.8 Å². The van der Waals surface area contributed by atoms with Crippen molar-refractivity contribution in [3.8, 4) is 11.5 Å². The van der Waals surface area contributed by atoms with E-state index < -0.39 is 11.4 Å². The Kier molecular flexibility index (Phi) is 3.87. The zero-order valence-electron chi connectivity index (χ0n) is 11.5. The number of hydrogen-bond donors (Lipinski definition) is 0. The normalized spacial score (nSPS) is 19.7. The van der Waals surface area contributed by atoms with Gasteiger partial charge in [-0.3, -0.25) is 0 Å². The molecule has 21 heavy (non-hydrogen) atoms. The van der Waals surface area contributed by atoms with E-state index in [0.717, 1.165) is 12.8 Å². The second-order valence-electron chi connectivity index (χ2n) is 5.37. The van der Waals surface area contributed by atoms with Gasteiger partial charge in [-0.15, -0.1) is 0 Å². The van der Waals surface area contributed by atoms with Crippen LogP contribution in [0.15, 0.2) is 11.1 Å². The Labute approximate surface area is 126 Å². The molecular formula is C15H15ClFNO3. The fraction of sp³-hybridized carbons (Fsp3) is 0.533. The van der Waals surface area contributed by atoms with Gasteiger partial charge in [0.25, 0.3) is 0 Å². The van der Waals surface area contributed by atoms with Crippen molar-refractivity contribution in [3.05, 3.63) is 22.5 Å². The molecule has 1 saturated carbocycles. The fourth-order valence-corrected chi connectivity index (χ4v) is 3.33. The maximum absolute atomic E-state index is 14.7. The number of aliphatic imine (C=N–C) groups is 1. The van der Waals surface area contributed by atoms with E-state index in [0.29, 0.717) is 44.0 Å². The molecule has 0 atom stereocenters. The lowest BCUT2D eigenvalue weighted by Crippen LogP contribution is -2.22. The SMILES string of the molecule is O=C=NC1(c2c(F)c(Cl)cc3c2OCCCO3)CCCC1. The van der Waals surface area contributed by atoms with E-state index in [1.165, 1.54) is 6.07 Å². The van der Waals surface area contributed by atoms with E-state index in [1.807, 2.05) is 0 Å². The minimum atomic E-state index is -0.936. The molecule has 0 bridgehead atoms. The van der Waals surface area contributed by atoms with Crippen molar-refractivity contribution in [2.75, 3.05) is 13.2 Å². The molecule has 0 saturated heterocycles. The van der Waals surface area contributed by atoms with Gasteiger partial charge in [0, 0.05) is 12.5 Å². The number of rotatable bonds is 2. The highest BCUT2D eigenvalue weighted by Gasteiger charge is 2.42. The van der Waals surface area contributed by atoms with Gasteiger partial charge in [0.05, 0.1) is 23.8 Å². The molecule has 3 rings (SSSR count). The summed E-state index contributed by atoms with van der Waals surface area (Å²) in [6.07, 6.45) is 5.19. The third kappa shape index (κ3) is 2.41. The van der Waals surface area contributed by atoms with Gasteiger partial charge in [0.2, 0.25) is 6.08 Å². The average Bonchev–Trinajstić information content (AvgIpc) is 2.81. The number of halogens is 2. The zero-order chi connectivity index (χ0) is 14.9. The highest BCUT2D eigenvalue weighted by atomic mass is 35.5. The van der Waals surface area contributed by atoms with Crippen molar-refractivity contribution in [3.63, 3.8) is 0 Å². The first-order valence-electron chi connectivity index (χ1n) is 7.05. The Bertz CT molecular complexity index is 607. The van der Waals surface area contributed by atoms with Gasteiger partial charge in [-0.2, -0.15) is 4.99 Å². The Morgan fingerprint density at radius 1 is 1.24 bits per heavy atom. The number of benzene rings is 1. The summed E-state index contributed by atoms with van der Waals surface area (Å²) in [6, 6.07) is 1.42. The summed E-state index contributed by atoms with van der Waals surface area (Å²) < 4.78 is 26.0. The Hall–Kier alpha value is -1.58. The van der Waals surface area contributed by atoms with Crippen molar-refractivity contribution in [2.45, 2.75) is 37.6 Å². The topological polar surface area (TPSA) is 47.9 Å². The van der Waals surface area contributed by atoms with Crippen LogP contribution in [0.2, 0.25) is 5.02 Å². The molecule has 2 aliphatic rings. The number of fused-ring (bicyclic) bond motifs is 1. The molecule has 0 radical (unpaired) electrons. The van der Waals surface area contributed by atoms with Crippen molar-refractivity contribution in [2.24, 2.45) is 4.99 Å². The van der Waals surface area contributed by atoms with Crippen LogP contribution < -0.4 is 9.47 Å². The molecule has 1 aromatic carbocycles. The highest BCUT2D eigenvalue weighted by Crippen LogP contribution is 2.51. The molecule has 6 heteroatoms. The molecule has 112 valence electrons. The molecule has 1 aliphatic carbocycles. The first-order chi connectivity index (χ1) is 10.2. The second-order valence-corrected chi connectivity index (χ2v) is 5.77. The zero-order valence-corrected chi connectivity index (χ0v) is 12.2. The number of isocyanates is 1. The maximum atomic E-state index is 14.7. The summed E-state index contributed by atoms with van der Waals surface area (Å²) in [5, 5.41) is -0.0402. The molecule has 4 nitrogen and oxygen atoms in total. The molecule has 0 spiro atoms. The van der Waals surface area contributed by atoms with E-state index in [9.17, 15) is 9.18 Å². The van der Waals surface area contributed by atoms with E-state index in [1.54, 1.807) is 6.08 Å². The molecule has 1 aromatic rings. The summed E-state index contributed by atoms with van der Waals surface area (Å²) >= 11 is 5.99. The Morgan fingerprint density at radius 2 is 1.95 bits per heavy atom. The van der Waals surface area contributed by atoms with Gasteiger partial charge in [-0.1, -0.05) is 24.4 Å². The van der Waals surface area contributed by atoms with Crippen molar-refractivity contribution in [1.82, 2.24) is 0 Å². The van der Waals surface area contributed by atoms with Crippen LogP contribution in [0.5, 0.6) is 11.5 Å². The summed E-state index contributed by atoms with van der Waals surface area (Å²) in [5.74, 6) is 0.165. The largest absolute Gasteiger partial charge is 0.489 e. The van der Waals surface area contributed by atoms with Gasteiger partial charge >= 0.3 is 0 Å². The fourth-order valence-electron chi connectivity index (χ4n) is 3.13. The summed E-state index contributed by atoms with van der Waals surface area (Å²) in [4.78, 5) is 14.8. The van der Waals surface area contributed by atoms with Crippen LogP contribution in [0.4, 0.5) is 4.39 Å². The molecule has 1 aliphatic heterocycles. The molecular weight excluding hydrogens is 297 g/mol. The van der Waals surface area contributed by atoms with Gasteiger partial charge in [0.1, 0.15) is 5.54 Å². The van der Waals surface area contributed by atoms with Crippen LogP contribution in [-0.2, 0) is 10.3 Å². The van der Waals surface area contributed by atoms with Gasteiger partial charge in [-0.25, -0.2) is 9.18 Å². The van der Waals surface area contributed by atoms with Crippen molar-refractivity contribution in [1.29, 1.82) is 0 Å². The van der Waals surface area contributed by atoms with Crippen molar-refractivity contribution < 1.29 is 18.7 Å². The average molecular weight is 312 g/mol. The molecule has 0 aromatic heterocycles. The number of ether oxygens (including phenoxy) is 2. The highest BCUT2D eigenvalue weighted by molar-refractivity contribution is 6.31. The van der Waals surface area contributed by atoms with E-state index in [4.69, 9.17) is 21.1 Å². The molecule has 0 amide bonds. The van der Waals surface area contributed by atoms with Gasteiger partial charge in [0.15, 0.2) is 17.3 Å². The summed E-state index contributed by atoms with van der Waals surface area (Å²) in [7, 11) is 0. The predicted octanol–water partition coefficient (Wildman–Crippen LogP) is 3.75. The lowest BCUT2D eigenvalue weighted by Gasteiger charge is -2.27. The molecule has 0 unspecified atom stereocenters. The lowest BCUT2D eigenvalue weighted by molar-refractivity contribution is 0.291. The smallest absolute Gasteiger partial charge is 0.235 e. The lowest BCUT2D eigenvalue weighted by atomic mass is 9.87. The third-order valence-electron chi connectivity index (χ3n) is 4.09. The number of carbonyl (C=O) groups excluding carboxylic acids is 1. The van der Waals surface area contributed by atoms with Crippen LogP contribution in [0.3, 0.4) is 0 Å². The number of nitrogens with zero attached hydrogens (tertiary/aromatic N) is 1. The third-order valence-corrected chi connectivity index (χ3v) is 4.36. The van der Waals surface area contributed by atoms with Gasteiger partial charge < -0.3 is 9.47 Å². The first kappa shape index (κ1) is 14.4. The molecule has 0 N–H and O–H groups in total. The minimum absolute atomic E-state index is 0.0402. The van der Waals surface area contributed by atoms with Crippen LogP contribution in [0.25, 0.3) is 0 Å². The monoisotopic (exact) mass is 311 g/mol. The Balaban J connectivity index is 2.25. The van der Waals surface area contributed by atoms with Crippen LogP contribution >= 0.6 is 11.6 Å². The standard InChI is InChI=1S/C15H15ClFNO3/c16-10-8-11-14(21-7-3-6-20-11)12(13(10)17)15(18-9-19)4-1-2-5-15/h8H,1-7H2. The van der Waals surface area contributed by atoms with Crippen LogP contribution in [0.1, 0.15) is 37.7 Å². The molecule has 1 fully saturated rings. The maximum Gasteiger partial charge on any atom is 0.235 e. The molecule has 1 heterocycles. The Morgan fingerprint density at radius 3 is 2.67 bits per heavy atom. The van der Waals surface area contributed by atoms with Crippen LogP contribution in [-0.4, -0.2) is 19.3 Å². The first-order valence-corrected chi connectivity index (χ1v) is 7.43. The van der Waals surface area contributed by atoms with Crippen molar-refractivity contribution >= 4 is 17.7 Å². The van der Waals surface area contributed by atoms with E-state index >= 15 is 0 Å². The van der Waals surface area contributed by atoms with E-state index in [2.05, 4.69) is 4.99 Å². The van der Waals surface area contributed by atoms with Crippen LogP contribution in [0, 0.1) is 5.82 Å².